The zero-order valence-electron chi connectivity index (χ0n) is 16.6. The number of likely N-dealkylation sites (tertiary alicyclic amines) is 1. The average molecular weight is 367 g/mol. The second-order valence-corrected chi connectivity index (χ2v) is 8.45. The molecule has 0 unspecified atom stereocenters. The number of amides is 1. The third kappa shape index (κ3) is 5.36. The molecule has 1 N–H and O–H groups in total. The minimum absolute atomic E-state index is 0.0573. The van der Waals surface area contributed by atoms with E-state index in [0.717, 1.165) is 38.2 Å². The number of carbonyl (C=O) groups excluding carboxylic acids is 1. The molecule has 27 heavy (non-hydrogen) atoms. The molecule has 0 saturated carbocycles. The van der Waals surface area contributed by atoms with E-state index in [1.54, 1.807) is 0 Å². The number of hydrogen-bond donors (Lipinski definition) is 1. The van der Waals surface area contributed by atoms with Crippen LogP contribution in [0.5, 0.6) is 0 Å². The number of hydrogen-bond acceptors (Lipinski definition) is 4. The van der Waals surface area contributed by atoms with Crippen molar-refractivity contribution in [2.24, 2.45) is 11.3 Å². The van der Waals surface area contributed by atoms with E-state index in [-0.39, 0.29) is 11.9 Å². The minimum atomic E-state index is -0.418. The molecule has 5 heteroatoms. The molecule has 3 rings (SSSR count). The third-order valence-electron chi connectivity index (χ3n) is 5.14. The van der Waals surface area contributed by atoms with Gasteiger partial charge in [-0.3, -0.25) is 19.7 Å². The minimum Gasteiger partial charge on any atom is -0.347 e. The van der Waals surface area contributed by atoms with E-state index in [4.69, 9.17) is 0 Å². The lowest BCUT2D eigenvalue weighted by molar-refractivity contribution is -0.130. The maximum absolute atomic E-state index is 12.7. The summed E-state index contributed by atoms with van der Waals surface area (Å²) < 4.78 is 0. The predicted molar refractivity (Wildman–Crippen MR) is 107 cm³/mol. The monoisotopic (exact) mass is 366 g/mol. The van der Waals surface area contributed by atoms with Gasteiger partial charge in [0, 0.05) is 37.1 Å². The summed E-state index contributed by atoms with van der Waals surface area (Å²) in [5.74, 6) is 0.422. The molecule has 2 atom stereocenters. The first-order valence-electron chi connectivity index (χ1n) is 9.76. The van der Waals surface area contributed by atoms with Crippen LogP contribution in [0.25, 0.3) is 0 Å². The van der Waals surface area contributed by atoms with Crippen molar-refractivity contribution >= 4 is 5.91 Å². The zero-order valence-corrected chi connectivity index (χ0v) is 16.6. The van der Waals surface area contributed by atoms with Crippen LogP contribution in [-0.4, -0.2) is 33.9 Å². The van der Waals surface area contributed by atoms with Crippen LogP contribution in [0.2, 0.25) is 0 Å². The maximum atomic E-state index is 12.7. The van der Waals surface area contributed by atoms with Gasteiger partial charge in [-0.15, -0.1) is 0 Å². The van der Waals surface area contributed by atoms with Crippen LogP contribution >= 0.6 is 0 Å². The molecule has 1 aliphatic heterocycles. The average Bonchev–Trinajstić information content (AvgIpc) is 2.67. The predicted octanol–water partition coefficient (Wildman–Crippen LogP) is 3.59. The van der Waals surface area contributed by atoms with E-state index in [9.17, 15) is 4.79 Å². The Morgan fingerprint density at radius 3 is 2.67 bits per heavy atom. The molecule has 3 heterocycles. The van der Waals surface area contributed by atoms with Crippen LogP contribution in [0.3, 0.4) is 0 Å². The fraction of sp³-hybridized carbons (Fsp3) is 0.500. The summed E-state index contributed by atoms with van der Waals surface area (Å²) in [5.41, 5.74) is 1.81. The number of rotatable bonds is 5. The number of aromatic nitrogens is 2. The van der Waals surface area contributed by atoms with Gasteiger partial charge in [-0.25, -0.2) is 0 Å². The molecule has 1 fully saturated rings. The van der Waals surface area contributed by atoms with Crippen molar-refractivity contribution in [3.05, 3.63) is 60.2 Å². The Hall–Kier alpha value is -2.27. The Morgan fingerprint density at radius 2 is 2.00 bits per heavy atom. The number of carbonyl (C=O) groups is 1. The van der Waals surface area contributed by atoms with Gasteiger partial charge in [0.1, 0.15) is 0 Å². The summed E-state index contributed by atoms with van der Waals surface area (Å²) in [5, 5.41) is 3.29. The van der Waals surface area contributed by atoms with Gasteiger partial charge in [0.2, 0.25) is 5.91 Å². The Bertz CT molecular complexity index is 727. The summed E-state index contributed by atoms with van der Waals surface area (Å²) in [6.07, 6.45) is 7.72. The van der Waals surface area contributed by atoms with Crippen molar-refractivity contribution in [3.8, 4) is 0 Å². The van der Waals surface area contributed by atoms with Crippen molar-refractivity contribution in [2.45, 2.75) is 46.2 Å². The normalized spacial score (nSPS) is 19.4. The summed E-state index contributed by atoms with van der Waals surface area (Å²) in [6.45, 7) is 8.81. The van der Waals surface area contributed by atoms with Crippen LogP contribution in [0.15, 0.2) is 48.9 Å². The summed E-state index contributed by atoms with van der Waals surface area (Å²) >= 11 is 0. The summed E-state index contributed by atoms with van der Waals surface area (Å²) in [6, 6.07) is 10.0. The highest BCUT2D eigenvalue weighted by Crippen LogP contribution is 2.30. The molecule has 0 aromatic carbocycles. The van der Waals surface area contributed by atoms with Gasteiger partial charge in [0.15, 0.2) is 0 Å². The van der Waals surface area contributed by atoms with Crippen LogP contribution in [0, 0.1) is 11.3 Å². The number of nitrogens with one attached hydrogen (secondary N) is 1. The molecule has 0 aliphatic carbocycles. The highest BCUT2D eigenvalue weighted by Gasteiger charge is 2.33. The van der Waals surface area contributed by atoms with E-state index < -0.39 is 5.41 Å². The molecule has 1 aliphatic rings. The largest absolute Gasteiger partial charge is 0.347 e. The summed E-state index contributed by atoms with van der Waals surface area (Å²) in [7, 11) is 0. The van der Waals surface area contributed by atoms with Gasteiger partial charge in [-0.2, -0.15) is 0 Å². The van der Waals surface area contributed by atoms with Crippen molar-refractivity contribution in [3.63, 3.8) is 0 Å². The quantitative estimate of drug-likeness (QED) is 0.878. The van der Waals surface area contributed by atoms with Crippen LogP contribution in [0.4, 0.5) is 0 Å². The molecule has 0 bridgehead atoms. The highest BCUT2D eigenvalue weighted by atomic mass is 16.2. The first-order chi connectivity index (χ1) is 12.9. The van der Waals surface area contributed by atoms with E-state index in [0.29, 0.717) is 5.92 Å². The Morgan fingerprint density at radius 1 is 1.22 bits per heavy atom. The molecule has 2 aromatic rings. The topological polar surface area (TPSA) is 58.1 Å². The van der Waals surface area contributed by atoms with Gasteiger partial charge in [0.05, 0.1) is 11.7 Å². The molecule has 2 aromatic heterocycles. The van der Waals surface area contributed by atoms with Crippen molar-refractivity contribution in [1.29, 1.82) is 0 Å². The molecular weight excluding hydrogens is 336 g/mol. The maximum Gasteiger partial charge on any atom is 0.225 e. The van der Waals surface area contributed by atoms with Crippen molar-refractivity contribution in [1.82, 2.24) is 20.2 Å². The molecular formula is C22H30N4O. The lowest BCUT2D eigenvalue weighted by atomic mass is 9.86. The SMILES string of the molecule is CC(C)(C)C(=O)N[C@@H](c1ccccn1)[C@@H]1CCCN(Cc2ccncc2)C1. The van der Waals surface area contributed by atoms with Crippen LogP contribution in [0.1, 0.15) is 50.9 Å². The standard InChI is InChI=1S/C22H30N4O/c1-22(2,3)21(27)25-20(19-8-4-5-11-24-19)18-7-6-14-26(16-18)15-17-9-12-23-13-10-17/h4-5,8-13,18,20H,6-7,14-16H2,1-3H3,(H,25,27)/t18-,20-/m1/s1. The van der Waals surface area contributed by atoms with E-state index in [2.05, 4.69) is 32.3 Å². The van der Waals surface area contributed by atoms with Gasteiger partial charge in [-0.1, -0.05) is 26.8 Å². The van der Waals surface area contributed by atoms with Crippen molar-refractivity contribution in [2.75, 3.05) is 13.1 Å². The van der Waals surface area contributed by atoms with Crippen LogP contribution < -0.4 is 5.32 Å². The molecule has 1 saturated heterocycles. The first kappa shape index (κ1) is 19.5. The smallest absolute Gasteiger partial charge is 0.225 e. The van der Waals surface area contributed by atoms with Gasteiger partial charge >= 0.3 is 0 Å². The van der Waals surface area contributed by atoms with Gasteiger partial charge < -0.3 is 5.32 Å². The molecule has 0 spiro atoms. The van der Waals surface area contributed by atoms with Gasteiger partial charge in [0.25, 0.3) is 0 Å². The Balaban J connectivity index is 1.76. The fourth-order valence-corrected chi connectivity index (χ4v) is 3.60. The zero-order chi connectivity index (χ0) is 19.3. The molecule has 1 amide bonds. The summed E-state index contributed by atoms with van der Waals surface area (Å²) in [4.78, 5) is 23.8. The number of piperidine rings is 1. The van der Waals surface area contributed by atoms with Crippen molar-refractivity contribution < 1.29 is 4.79 Å². The lowest BCUT2D eigenvalue weighted by Crippen LogP contribution is -2.45. The van der Waals surface area contributed by atoms with Gasteiger partial charge in [-0.05, 0) is 55.1 Å². The highest BCUT2D eigenvalue weighted by molar-refractivity contribution is 5.81. The van der Waals surface area contributed by atoms with E-state index in [1.807, 2.05) is 57.6 Å². The van der Waals surface area contributed by atoms with E-state index >= 15 is 0 Å². The molecule has 0 radical (unpaired) electrons. The fourth-order valence-electron chi connectivity index (χ4n) is 3.60. The second kappa shape index (κ2) is 8.61. The number of nitrogens with zero attached hydrogens (tertiary/aromatic N) is 3. The second-order valence-electron chi connectivity index (χ2n) is 8.45. The number of pyridine rings is 2. The van der Waals surface area contributed by atoms with Crippen LogP contribution in [-0.2, 0) is 11.3 Å². The lowest BCUT2D eigenvalue weighted by Gasteiger charge is -2.38. The third-order valence-corrected chi connectivity index (χ3v) is 5.14. The Kier molecular flexibility index (Phi) is 6.22. The first-order valence-corrected chi connectivity index (χ1v) is 9.76. The molecule has 5 nitrogen and oxygen atoms in total. The van der Waals surface area contributed by atoms with E-state index in [1.165, 1.54) is 5.56 Å². The Labute approximate surface area is 162 Å². The molecule has 144 valence electrons.